The molecule has 19 heavy (non-hydrogen) atoms. The van der Waals surface area contributed by atoms with E-state index >= 15 is 0 Å². The Morgan fingerprint density at radius 3 is 2.63 bits per heavy atom. The molecule has 0 bridgehead atoms. The maximum absolute atomic E-state index is 13.1. The van der Waals surface area contributed by atoms with Crippen molar-refractivity contribution in [2.75, 3.05) is 13.2 Å². The number of halogens is 1. The largest absolute Gasteiger partial charge is 0.492 e. The molecule has 0 atom stereocenters. The number of aryl methyl sites for hydroxylation is 1. The number of hydrogen-bond donors (Lipinski definition) is 1. The van der Waals surface area contributed by atoms with Crippen LogP contribution in [0.1, 0.15) is 44.1 Å². The van der Waals surface area contributed by atoms with Crippen molar-refractivity contribution in [2.24, 2.45) is 0 Å². The van der Waals surface area contributed by atoms with Crippen molar-refractivity contribution in [1.82, 2.24) is 5.32 Å². The summed E-state index contributed by atoms with van der Waals surface area (Å²) in [5.41, 5.74) is 0.634. The van der Waals surface area contributed by atoms with E-state index in [0.717, 1.165) is 12.3 Å². The minimum absolute atomic E-state index is 0.177. The molecule has 0 aromatic heterocycles. The van der Waals surface area contributed by atoms with Gasteiger partial charge in [-0.25, -0.2) is 4.39 Å². The molecule has 106 valence electrons. The molecular weight excluding hydrogens is 241 g/mol. The van der Waals surface area contributed by atoms with Gasteiger partial charge in [0.05, 0.1) is 0 Å². The Morgan fingerprint density at radius 2 is 1.95 bits per heavy atom. The van der Waals surface area contributed by atoms with Crippen LogP contribution < -0.4 is 10.1 Å². The lowest BCUT2D eigenvalue weighted by atomic mass is 10.1. The second-order valence-electron chi connectivity index (χ2n) is 5.40. The Bertz CT molecular complexity index is 386. The van der Waals surface area contributed by atoms with Gasteiger partial charge in [-0.1, -0.05) is 25.7 Å². The summed E-state index contributed by atoms with van der Waals surface area (Å²) < 4.78 is 18.7. The highest BCUT2D eigenvalue weighted by Gasteiger charge is 2.10. The topological polar surface area (TPSA) is 21.3 Å². The fourth-order valence-corrected chi connectivity index (χ4v) is 2.62. The van der Waals surface area contributed by atoms with E-state index in [1.54, 1.807) is 19.1 Å². The second kappa shape index (κ2) is 7.49. The number of nitrogens with one attached hydrogen (secondary N) is 1. The van der Waals surface area contributed by atoms with Crippen LogP contribution in [0.25, 0.3) is 0 Å². The first-order valence-corrected chi connectivity index (χ1v) is 7.38. The van der Waals surface area contributed by atoms with Crippen molar-refractivity contribution < 1.29 is 9.13 Å². The maximum Gasteiger partial charge on any atom is 0.126 e. The van der Waals surface area contributed by atoms with Gasteiger partial charge in [-0.15, -0.1) is 0 Å². The first kappa shape index (κ1) is 14.3. The Labute approximate surface area is 115 Å². The molecule has 0 radical (unpaired) electrons. The molecule has 0 amide bonds. The number of rotatable bonds is 5. The Morgan fingerprint density at radius 1 is 1.21 bits per heavy atom. The molecule has 2 nitrogen and oxygen atoms in total. The van der Waals surface area contributed by atoms with Gasteiger partial charge in [0.1, 0.15) is 18.2 Å². The fraction of sp³-hybridized carbons (Fsp3) is 0.625. The highest BCUT2D eigenvalue weighted by Crippen LogP contribution is 2.17. The summed E-state index contributed by atoms with van der Waals surface area (Å²) >= 11 is 0. The van der Waals surface area contributed by atoms with Crippen molar-refractivity contribution in [3.8, 4) is 5.75 Å². The summed E-state index contributed by atoms with van der Waals surface area (Å²) in [4.78, 5) is 0. The molecule has 1 saturated carbocycles. The third kappa shape index (κ3) is 4.83. The van der Waals surface area contributed by atoms with Crippen molar-refractivity contribution in [1.29, 1.82) is 0 Å². The van der Waals surface area contributed by atoms with E-state index in [9.17, 15) is 4.39 Å². The molecule has 0 spiro atoms. The Hall–Kier alpha value is -1.09. The molecule has 1 fully saturated rings. The maximum atomic E-state index is 13.1. The first-order valence-electron chi connectivity index (χ1n) is 7.38. The summed E-state index contributed by atoms with van der Waals surface area (Å²) in [5, 5.41) is 3.56. The molecule has 0 saturated heterocycles. The van der Waals surface area contributed by atoms with Crippen LogP contribution in [0.15, 0.2) is 18.2 Å². The molecule has 1 N–H and O–H groups in total. The number of benzene rings is 1. The van der Waals surface area contributed by atoms with Gasteiger partial charge in [-0.2, -0.15) is 0 Å². The van der Waals surface area contributed by atoms with Gasteiger partial charge in [0, 0.05) is 12.6 Å². The van der Waals surface area contributed by atoms with E-state index < -0.39 is 0 Å². The zero-order valence-corrected chi connectivity index (χ0v) is 11.8. The second-order valence-corrected chi connectivity index (χ2v) is 5.40. The predicted molar refractivity (Wildman–Crippen MR) is 76.1 cm³/mol. The minimum Gasteiger partial charge on any atom is -0.492 e. The van der Waals surface area contributed by atoms with Crippen LogP contribution in [-0.2, 0) is 0 Å². The SMILES string of the molecule is Cc1cc(OCCNC2CCCCCC2)ccc1F. The molecule has 0 heterocycles. The standard InChI is InChI=1S/C16H24FNO/c1-13-12-15(8-9-16(13)17)19-11-10-18-14-6-4-2-3-5-7-14/h8-9,12,14,18H,2-7,10-11H2,1H3. The molecule has 0 unspecified atom stereocenters. The van der Waals surface area contributed by atoms with Gasteiger partial charge < -0.3 is 10.1 Å². The zero-order chi connectivity index (χ0) is 13.5. The van der Waals surface area contributed by atoms with Crippen LogP contribution in [-0.4, -0.2) is 19.2 Å². The van der Waals surface area contributed by atoms with Crippen molar-refractivity contribution in [2.45, 2.75) is 51.5 Å². The molecule has 3 heteroatoms. The van der Waals surface area contributed by atoms with Crippen LogP contribution in [0.2, 0.25) is 0 Å². The lowest BCUT2D eigenvalue weighted by Crippen LogP contribution is -2.32. The van der Waals surface area contributed by atoms with Gasteiger partial charge in [-0.3, -0.25) is 0 Å². The highest BCUT2D eigenvalue weighted by atomic mass is 19.1. The Kier molecular flexibility index (Phi) is 5.64. The van der Waals surface area contributed by atoms with E-state index in [0.29, 0.717) is 18.2 Å². The molecule has 0 aliphatic heterocycles. The molecule has 1 aromatic carbocycles. The molecule has 1 aliphatic carbocycles. The number of ether oxygens (including phenoxy) is 1. The molecule has 2 rings (SSSR count). The molecular formula is C16H24FNO. The lowest BCUT2D eigenvalue weighted by Gasteiger charge is -2.16. The van der Waals surface area contributed by atoms with E-state index in [1.165, 1.54) is 44.6 Å². The van der Waals surface area contributed by atoms with Gasteiger partial charge in [0.2, 0.25) is 0 Å². The molecule has 1 aromatic rings. The third-order valence-corrected chi connectivity index (χ3v) is 3.79. The van der Waals surface area contributed by atoms with E-state index in [4.69, 9.17) is 4.74 Å². The third-order valence-electron chi connectivity index (χ3n) is 3.79. The van der Waals surface area contributed by atoms with Crippen LogP contribution in [0.3, 0.4) is 0 Å². The van der Waals surface area contributed by atoms with E-state index in [-0.39, 0.29) is 5.82 Å². The number of hydrogen-bond acceptors (Lipinski definition) is 2. The average Bonchev–Trinajstić information content (AvgIpc) is 2.67. The van der Waals surface area contributed by atoms with Crippen LogP contribution in [0.5, 0.6) is 5.75 Å². The summed E-state index contributed by atoms with van der Waals surface area (Å²) in [7, 11) is 0. The average molecular weight is 265 g/mol. The van der Waals surface area contributed by atoms with Crippen LogP contribution in [0.4, 0.5) is 4.39 Å². The Balaban J connectivity index is 1.67. The van der Waals surface area contributed by atoms with Crippen molar-refractivity contribution in [3.63, 3.8) is 0 Å². The quantitative estimate of drug-likeness (QED) is 0.645. The van der Waals surface area contributed by atoms with Gasteiger partial charge >= 0.3 is 0 Å². The fourth-order valence-electron chi connectivity index (χ4n) is 2.62. The van der Waals surface area contributed by atoms with Gasteiger partial charge in [0.15, 0.2) is 0 Å². The van der Waals surface area contributed by atoms with Crippen molar-refractivity contribution in [3.05, 3.63) is 29.6 Å². The first-order chi connectivity index (χ1) is 9.25. The predicted octanol–water partition coefficient (Wildman–Crippen LogP) is 3.83. The smallest absolute Gasteiger partial charge is 0.126 e. The lowest BCUT2D eigenvalue weighted by molar-refractivity contribution is 0.300. The summed E-state index contributed by atoms with van der Waals surface area (Å²) in [6, 6.07) is 5.55. The monoisotopic (exact) mass is 265 g/mol. The summed E-state index contributed by atoms with van der Waals surface area (Å²) in [5.74, 6) is 0.575. The normalized spacial score (nSPS) is 17.2. The van der Waals surface area contributed by atoms with Gasteiger partial charge in [0.25, 0.3) is 0 Å². The van der Waals surface area contributed by atoms with E-state index in [2.05, 4.69) is 5.32 Å². The summed E-state index contributed by atoms with van der Waals surface area (Å²) in [6.45, 7) is 3.26. The van der Waals surface area contributed by atoms with Crippen LogP contribution >= 0.6 is 0 Å². The summed E-state index contributed by atoms with van der Waals surface area (Å²) in [6.07, 6.45) is 8.02. The van der Waals surface area contributed by atoms with Crippen molar-refractivity contribution >= 4 is 0 Å². The molecule has 1 aliphatic rings. The van der Waals surface area contributed by atoms with E-state index in [1.807, 2.05) is 0 Å². The highest BCUT2D eigenvalue weighted by molar-refractivity contribution is 5.28. The zero-order valence-electron chi connectivity index (χ0n) is 11.8. The minimum atomic E-state index is -0.177. The van der Waals surface area contributed by atoms with Gasteiger partial charge in [-0.05, 0) is 43.5 Å². The van der Waals surface area contributed by atoms with Crippen LogP contribution in [0, 0.1) is 12.7 Å².